The smallest absolute Gasteiger partial charge is 0.252 e. The lowest BCUT2D eigenvalue weighted by Gasteiger charge is -2.12. The molecule has 1 aliphatic rings. The maximum atomic E-state index is 12.2. The van der Waals surface area contributed by atoms with E-state index in [1.54, 1.807) is 0 Å². The van der Waals surface area contributed by atoms with E-state index >= 15 is 0 Å². The number of nitrogens with one attached hydrogen (secondary N) is 2. The average molecular weight is 226 g/mol. The molecule has 1 aliphatic carbocycles. The molecule has 3 nitrogen and oxygen atoms in total. The van der Waals surface area contributed by atoms with E-state index in [1.807, 2.05) is 30.5 Å². The highest BCUT2D eigenvalue weighted by Crippen LogP contribution is 2.18. The molecular weight excluding hydrogens is 212 g/mol. The highest BCUT2D eigenvalue weighted by Gasteiger charge is 2.16. The predicted octanol–water partition coefficient (Wildman–Crippen LogP) is 2.62. The van der Waals surface area contributed by atoms with Gasteiger partial charge in [0, 0.05) is 28.7 Å². The van der Waals surface area contributed by atoms with Gasteiger partial charge in [0.05, 0.1) is 0 Å². The van der Waals surface area contributed by atoms with E-state index in [0.29, 0.717) is 0 Å². The van der Waals surface area contributed by atoms with Crippen molar-refractivity contribution in [3.05, 3.63) is 48.2 Å². The summed E-state index contributed by atoms with van der Waals surface area (Å²) in [5.41, 5.74) is 1.75. The summed E-state index contributed by atoms with van der Waals surface area (Å²) in [5, 5.41) is 4.04. The van der Waals surface area contributed by atoms with Crippen LogP contribution < -0.4 is 5.32 Å². The van der Waals surface area contributed by atoms with Gasteiger partial charge in [0.2, 0.25) is 0 Å². The topological polar surface area (TPSA) is 44.9 Å². The zero-order valence-electron chi connectivity index (χ0n) is 9.44. The van der Waals surface area contributed by atoms with E-state index in [4.69, 9.17) is 0 Å². The van der Waals surface area contributed by atoms with Gasteiger partial charge in [-0.1, -0.05) is 18.2 Å². The first-order valence-corrected chi connectivity index (χ1v) is 5.86. The van der Waals surface area contributed by atoms with Gasteiger partial charge in [-0.25, -0.2) is 0 Å². The molecule has 2 aromatic rings. The van der Waals surface area contributed by atoms with E-state index in [9.17, 15) is 4.79 Å². The number of rotatable bonds is 2. The Hall–Kier alpha value is -2.03. The minimum Gasteiger partial charge on any atom is -0.361 e. The van der Waals surface area contributed by atoms with Crippen LogP contribution in [-0.4, -0.2) is 16.9 Å². The van der Waals surface area contributed by atoms with Gasteiger partial charge in [-0.15, -0.1) is 0 Å². The molecule has 1 amide bonds. The van der Waals surface area contributed by atoms with Gasteiger partial charge in [-0.2, -0.15) is 0 Å². The lowest BCUT2D eigenvalue weighted by Crippen LogP contribution is -2.32. The maximum absolute atomic E-state index is 12.2. The molecule has 0 bridgehead atoms. The summed E-state index contributed by atoms with van der Waals surface area (Å²) in [7, 11) is 0. The number of carbonyl (C=O) groups excluding carboxylic acids is 1. The van der Waals surface area contributed by atoms with Crippen molar-refractivity contribution in [3.8, 4) is 0 Å². The molecule has 0 fully saturated rings. The predicted molar refractivity (Wildman–Crippen MR) is 67.9 cm³/mol. The van der Waals surface area contributed by atoms with Gasteiger partial charge >= 0.3 is 0 Å². The van der Waals surface area contributed by atoms with Crippen molar-refractivity contribution < 1.29 is 4.79 Å². The number of aromatic amines is 1. The lowest BCUT2D eigenvalue weighted by atomic mass is 10.1. The molecule has 0 unspecified atom stereocenters. The molecule has 1 aromatic carbocycles. The second-order valence-corrected chi connectivity index (χ2v) is 4.36. The van der Waals surface area contributed by atoms with E-state index in [1.165, 1.54) is 0 Å². The van der Waals surface area contributed by atoms with Crippen LogP contribution in [0.5, 0.6) is 0 Å². The maximum Gasteiger partial charge on any atom is 0.252 e. The second-order valence-electron chi connectivity index (χ2n) is 4.36. The van der Waals surface area contributed by atoms with Crippen molar-refractivity contribution in [2.45, 2.75) is 18.9 Å². The normalized spacial score (nSPS) is 15.5. The molecule has 0 radical (unpaired) electrons. The molecule has 0 atom stereocenters. The van der Waals surface area contributed by atoms with Crippen molar-refractivity contribution in [2.24, 2.45) is 0 Å². The van der Waals surface area contributed by atoms with Gasteiger partial charge < -0.3 is 10.3 Å². The number of benzene rings is 1. The first kappa shape index (κ1) is 10.1. The molecule has 3 rings (SSSR count). The molecule has 0 aliphatic heterocycles. The van der Waals surface area contributed by atoms with Gasteiger partial charge in [0.1, 0.15) is 0 Å². The third kappa shape index (κ3) is 1.84. The Balaban J connectivity index is 1.87. The van der Waals surface area contributed by atoms with Gasteiger partial charge in [0.25, 0.3) is 5.91 Å². The van der Waals surface area contributed by atoms with Crippen LogP contribution in [-0.2, 0) is 0 Å². The van der Waals surface area contributed by atoms with Crippen molar-refractivity contribution in [3.63, 3.8) is 0 Å². The van der Waals surface area contributed by atoms with Crippen molar-refractivity contribution in [2.75, 3.05) is 0 Å². The van der Waals surface area contributed by atoms with Gasteiger partial charge in [0.15, 0.2) is 0 Å². The van der Waals surface area contributed by atoms with Crippen LogP contribution in [0.15, 0.2) is 42.6 Å². The summed E-state index contributed by atoms with van der Waals surface area (Å²) in [5.74, 6) is 0.0175. The summed E-state index contributed by atoms with van der Waals surface area (Å²) in [6, 6.07) is 7.95. The SMILES string of the molecule is O=C(NC1CC=CC1)c1cccc2[nH]ccc12. The van der Waals surface area contributed by atoms with Crippen LogP contribution in [0, 0.1) is 0 Å². The highest BCUT2D eigenvalue weighted by atomic mass is 16.1. The first-order chi connectivity index (χ1) is 8.34. The standard InChI is InChI=1S/C14H14N2O/c17-14(16-10-4-1-2-5-10)12-6-3-7-13-11(12)8-9-15-13/h1-3,6-10,15H,4-5H2,(H,16,17). The number of aromatic nitrogens is 1. The summed E-state index contributed by atoms with van der Waals surface area (Å²) in [4.78, 5) is 15.3. The Labute approximate surface area is 99.5 Å². The fraction of sp³-hybridized carbons (Fsp3) is 0.214. The Bertz CT molecular complexity index is 575. The first-order valence-electron chi connectivity index (χ1n) is 5.86. The van der Waals surface area contributed by atoms with Crippen LogP contribution >= 0.6 is 0 Å². The number of hydrogen-bond acceptors (Lipinski definition) is 1. The highest BCUT2D eigenvalue weighted by molar-refractivity contribution is 6.06. The van der Waals surface area contributed by atoms with Crippen LogP contribution in [0.2, 0.25) is 0 Å². The molecule has 1 heterocycles. The third-order valence-electron chi connectivity index (χ3n) is 3.18. The Morgan fingerprint density at radius 3 is 2.88 bits per heavy atom. The number of amides is 1. The monoisotopic (exact) mass is 226 g/mol. The quantitative estimate of drug-likeness (QED) is 0.760. The van der Waals surface area contributed by atoms with E-state index in [2.05, 4.69) is 22.5 Å². The van der Waals surface area contributed by atoms with Crippen molar-refractivity contribution in [1.29, 1.82) is 0 Å². The van der Waals surface area contributed by atoms with Gasteiger partial charge in [-0.3, -0.25) is 4.79 Å². The zero-order chi connectivity index (χ0) is 11.7. The van der Waals surface area contributed by atoms with Gasteiger partial charge in [-0.05, 0) is 31.0 Å². The van der Waals surface area contributed by atoms with E-state index < -0.39 is 0 Å². The largest absolute Gasteiger partial charge is 0.361 e. The van der Waals surface area contributed by atoms with E-state index in [0.717, 1.165) is 29.3 Å². The molecule has 0 saturated carbocycles. The van der Waals surface area contributed by atoms with Crippen LogP contribution in [0.4, 0.5) is 0 Å². The summed E-state index contributed by atoms with van der Waals surface area (Å²) >= 11 is 0. The lowest BCUT2D eigenvalue weighted by molar-refractivity contribution is 0.0940. The molecule has 1 aromatic heterocycles. The van der Waals surface area contributed by atoms with Crippen LogP contribution in [0.3, 0.4) is 0 Å². The number of hydrogen-bond donors (Lipinski definition) is 2. The van der Waals surface area contributed by atoms with Crippen LogP contribution in [0.1, 0.15) is 23.2 Å². The molecular formula is C14H14N2O. The molecule has 3 heteroatoms. The third-order valence-corrected chi connectivity index (χ3v) is 3.18. The fourth-order valence-corrected chi connectivity index (χ4v) is 2.28. The average Bonchev–Trinajstić information content (AvgIpc) is 2.97. The van der Waals surface area contributed by atoms with E-state index in [-0.39, 0.29) is 11.9 Å². The fourth-order valence-electron chi connectivity index (χ4n) is 2.28. The Morgan fingerprint density at radius 2 is 2.06 bits per heavy atom. The minimum atomic E-state index is 0.0175. The van der Waals surface area contributed by atoms with Crippen LogP contribution in [0.25, 0.3) is 10.9 Å². The Morgan fingerprint density at radius 1 is 1.24 bits per heavy atom. The zero-order valence-corrected chi connectivity index (χ0v) is 9.44. The molecule has 0 spiro atoms. The number of fused-ring (bicyclic) bond motifs is 1. The summed E-state index contributed by atoms with van der Waals surface area (Å²) < 4.78 is 0. The number of carbonyl (C=O) groups is 1. The molecule has 17 heavy (non-hydrogen) atoms. The van der Waals surface area contributed by atoms with Crippen molar-refractivity contribution in [1.82, 2.24) is 10.3 Å². The minimum absolute atomic E-state index is 0.0175. The Kier molecular flexibility index (Phi) is 2.44. The number of H-pyrrole nitrogens is 1. The summed E-state index contributed by atoms with van der Waals surface area (Å²) in [6.07, 6.45) is 7.96. The molecule has 2 N–H and O–H groups in total. The molecule has 86 valence electrons. The second kappa shape index (κ2) is 4.09. The van der Waals surface area contributed by atoms with Crippen molar-refractivity contribution >= 4 is 16.8 Å². The summed E-state index contributed by atoms with van der Waals surface area (Å²) in [6.45, 7) is 0. The molecule has 0 saturated heterocycles.